The van der Waals surface area contributed by atoms with Gasteiger partial charge in [-0.25, -0.2) is 0 Å². The first-order valence-corrected chi connectivity index (χ1v) is 5.83. The van der Waals surface area contributed by atoms with E-state index in [1.165, 1.54) is 0 Å². The Morgan fingerprint density at radius 3 is 2.07 bits per heavy atom. The molecule has 0 amide bonds. The molecule has 0 radical (unpaired) electrons. The number of likely N-dealkylation sites (N-methyl/N-ethyl adjacent to an activating group) is 2. The fourth-order valence-corrected chi connectivity index (χ4v) is 2.45. The van der Waals surface area contributed by atoms with E-state index in [9.17, 15) is 0 Å². The van der Waals surface area contributed by atoms with Gasteiger partial charge in [-0.15, -0.1) is 11.8 Å². The third kappa shape index (κ3) is 3.22. The van der Waals surface area contributed by atoms with Crippen LogP contribution in [-0.4, -0.2) is 37.6 Å². The molecular formula is C13H26N2. The number of hydrogen-bond donors (Lipinski definition) is 1. The highest BCUT2D eigenvalue weighted by atomic mass is 15.2. The molecule has 0 rings (SSSR count). The molecule has 0 fully saturated rings. The first-order valence-electron chi connectivity index (χ1n) is 5.83. The van der Waals surface area contributed by atoms with E-state index < -0.39 is 0 Å². The van der Waals surface area contributed by atoms with Gasteiger partial charge >= 0.3 is 0 Å². The molecule has 2 nitrogen and oxygen atoms in total. The zero-order chi connectivity index (χ0) is 11.9. The van der Waals surface area contributed by atoms with Crippen molar-refractivity contribution in [2.75, 3.05) is 21.1 Å². The van der Waals surface area contributed by atoms with E-state index in [0.717, 1.165) is 19.3 Å². The van der Waals surface area contributed by atoms with Crippen LogP contribution in [0.5, 0.6) is 0 Å². The van der Waals surface area contributed by atoms with Crippen molar-refractivity contribution in [2.45, 2.75) is 51.6 Å². The van der Waals surface area contributed by atoms with Crippen LogP contribution in [0, 0.1) is 11.8 Å². The number of nitrogens with zero attached hydrogens (tertiary/aromatic N) is 1. The third-order valence-corrected chi connectivity index (χ3v) is 3.60. The molecule has 0 saturated carbocycles. The second-order valence-electron chi connectivity index (χ2n) is 4.18. The molecule has 1 N–H and O–H groups in total. The molecule has 0 spiro atoms. The molecule has 0 bridgehead atoms. The Hall–Kier alpha value is -0.520. The van der Waals surface area contributed by atoms with Gasteiger partial charge in [-0.3, -0.25) is 0 Å². The SMILES string of the molecule is CC#CCC(NC)C(CC)(CC)N(C)C. The van der Waals surface area contributed by atoms with Crippen LogP contribution in [0.1, 0.15) is 40.0 Å². The van der Waals surface area contributed by atoms with Crippen molar-refractivity contribution in [3.8, 4) is 11.8 Å². The normalized spacial score (nSPS) is 13.5. The van der Waals surface area contributed by atoms with Gasteiger partial charge in [-0.2, -0.15) is 0 Å². The maximum atomic E-state index is 3.42. The van der Waals surface area contributed by atoms with Crippen molar-refractivity contribution < 1.29 is 0 Å². The monoisotopic (exact) mass is 210 g/mol. The molecule has 88 valence electrons. The summed E-state index contributed by atoms with van der Waals surface area (Å²) in [7, 11) is 6.36. The summed E-state index contributed by atoms with van der Waals surface area (Å²) in [5.74, 6) is 6.17. The lowest BCUT2D eigenvalue weighted by Crippen LogP contribution is -2.57. The minimum atomic E-state index is 0.221. The molecule has 1 unspecified atom stereocenters. The van der Waals surface area contributed by atoms with E-state index >= 15 is 0 Å². The van der Waals surface area contributed by atoms with E-state index in [1.807, 2.05) is 14.0 Å². The molecule has 0 aromatic heterocycles. The second-order valence-corrected chi connectivity index (χ2v) is 4.18. The average Bonchev–Trinajstić information content (AvgIpc) is 2.24. The van der Waals surface area contributed by atoms with Crippen LogP contribution in [0.15, 0.2) is 0 Å². The van der Waals surface area contributed by atoms with E-state index in [-0.39, 0.29) is 5.54 Å². The van der Waals surface area contributed by atoms with Crippen LogP contribution < -0.4 is 5.32 Å². The molecule has 15 heavy (non-hydrogen) atoms. The minimum Gasteiger partial charge on any atom is -0.314 e. The summed E-state index contributed by atoms with van der Waals surface area (Å²) >= 11 is 0. The Bertz CT molecular complexity index is 218. The van der Waals surface area contributed by atoms with Crippen LogP contribution in [0.3, 0.4) is 0 Å². The number of hydrogen-bond acceptors (Lipinski definition) is 2. The van der Waals surface area contributed by atoms with Gasteiger partial charge in [0.1, 0.15) is 0 Å². The van der Waals surface area contributed by atoms with Crippen LogP contribution in [0.4, 0.5) is 0 Å². The predicted octanol–water partition coefficient (Wildman–Crippen LogP) is 2.11. The van der Waals surface area contributed by atoms with E-state index in [1.54, 1.807) is 0 Å². The van der Waals surface area contributed by atoms with Gasteiger partial charge in [0.2, 0.25) is 0 Å². The average molecular weight is 210 g/mol. The molecule has 1 atom stereocenters. The molecular weight excluding hydrogens is 184 g/mol. The van der Waals surface area contributed by atoms with Gasteiger partial charge in [-0.05, 0) is 40.9 Å². The van der Waals surface area contributed by atoms with Crippen molar-refractivity contribution in [3.63, 3.8) is 0 Å². The number of nitrogens with one attached hydrogen (secondary N) is 1. The first-order chi connectivity index (χ1) is 7.08. The van der Waals surface area contributed by atoms with Gasteiger partial charge < -0.3 is 10.2 Å². The molecule has 2 heteroatoms. The third-order valence-electron chi connectivity index (χ3n) is 3.60. The summed E-state index contributed by atoms with van der Waals surface area (Å²) in [6.45, 7) is 6.42. The second kappa shape index (κ2) is 6.87. The van der Waals surface area contributed by atoms with Gasteiger partial charge in [0, 0.05) is 18.0 Å². The summed E-state index contributed by atoms with van der Waals surface area (Å²) in [5, 5.41) is 3.42. The molecule has 0 aromatic rings. The van der Waals surface area contributed by atoms with Gasteiger partial charge in [0.25, 0.3) is 0 Å². The van der Waals surface area contributed by atoms with Gasteiger partial charge in [0.15, 0.2) is 0 Å². The molecule has 0 saturated heterocycles. The molecule has 0 aliphatic rings. The maximum absolute atomic E-state index is 3.42. The Morgan fingerprint density at radius 1 is 1.27 bits per heavy atom. The zero-order valence-electron chi connectivity index (χ0n) is 11.1. The van der Waals surface area contributed by atoms with Crippen LogP contribution in [0.25, 0.3) is 0 Å². The van der Waals surface area contributed by atoms with Crippen molar-refractivity contribution >= 4 is 0 Å². The summed E-state index contributed by atoms with van der Waals surface area (Å²) < 4.78 is 0. The summed E-state index contributed by atoms with van der Waals surface area (Å²) in [5.41, 5.74) is 0.221. The lowest BCUT2D eigenvalue weighted by atomic mass is 9.81. The van der Waals surface area contributed by atoms with Gasteiger partial charge in [-0.1, -0.05) is 13.8 Å². The molecule has 0 heterocycles. The fraction of sp³-hybridized carbons (Fsp3) is 0.846. The highest BCUT2D eigenvalue weighted by molar-refractivity contribution is 5.05. The lowest BCUT2D eigenvalue weighted by Gasteiger charge is -2.44. The Balaban J connectivity index is 4.88. The Kier molecular flexibility index (Phi) is 6.63. The maximum Gasteiger partial charge on any atom is 0.0360 e. The van der Waals surface area contributed by atoms with Crippen LogP contribution >= 0.6 is 0 Å². The Labute approximate surface area is 95.4 Å². The van der Waals surface area contributed by atoms with Crippen LogP contribution in [-0.2, 0) is 0 Å². The topological polar surface area (TPSA) is 15.3 Å². The van der Waals surface area contributed by atoms with Crippen molar-refractivity contribution in [1.29, 1.82) is 0 Å². The quantitative estimate of drug-likeness (QED) is 0.676. The largest absolute Gasteiger partial charge is 0.314 e. The predicted molar refractivity (Wildman–Crippen MR) is 67.9 cm³/mol. The van der Waals surface area contributed by atoms with E-state index in [0.29, 0.717) is 6.04 Å². The van der Waals surface area contributed by atoms with Crippen molar-refractivity contribution in [2.24, 2.45) is 0 Å². The van der Waals surface area contributed by atoms with E-state index in [2.05, 4.69) is 50.0 Å². The molecule has 0 aliphatic heterocycles. The smallest absolute Gasteiger partial charge is 0.0360 e. The lowest BCUT2D eigenvalue weighted by molar-refractivity contribution is 0.0938. The molecule has 0 aromatic carbocycles. The Morgan fingerprint density at radius 2 is 1.80 bits per heavy atom. The minimum absolute atomic E-state index is 0.221. The van der Waals surface area contributed by atoms with E-state index in [4.69, 9.17) is 0 Å². The van der Waals surface area contributed by atoms with Crippen molar-refractivity contribution in [3.05, 3.63) is 0 Å². The highest BCUT2D eigenvalue weighted by Crippen LogP contribution is 2.27. The number of rotatable bonds is 6. The van der Waals surface area contributed by atoms with Crippen molar-refractivity contribution in [1.82, 2.24) is 10.2 Å². The summed E-state index contributed by atoms with van der Waals surface area (Å²) in [6.07, 6.45) is 3.22. The highest BCUT2D eigenvalue weighted by Gasteiger charge is 2.36. The van der Waals surface area contributed by atoms with Gasteiger partial charge in [0.05, 0.1) is 0 Å². The summed E-state index contributed by atoms with van der Waals surface area (Å²) in [4.78, 5) is 2.34. The molecule has 0 aliphatic carbocycles. The summed E-state index contributed by atoms with van der Waals surface area (Å²) in [6, 6.07) is 0.440. The van der Waals surface area contributed by atoms with Crippen LogP contribution in [0.2, 0.25) is 0 Å². The zero-order valence-corrected chi connectivity index (χ0v) is 11.1. The first kappa shape index (κ1) is 14.5. The standard InChI is InChI=1S/C13H26N2/c1-7-10-11-12(14-4)13(8-2,9-3)15(5)6/h12,14H,8-9,11H2,1-6H3. The fourth-order valence-electron chi connectivity index (χ4n) is 2.45.